The van der Waals surface area contributed by atoms with Crippen LogP contribution < -0.4 is 4.72 Å². The van der Waals surface area contributed by atoms with Gasteiger partial charge in [0.1, 0.15) is 0 Å². The standard InChI is InChI=1S/C11H17BrN2O2S/c1-9(2)14(3)17(15,16)13-8-10-4-6-11(12)7-5-10/h4-7,9,13H,8H2,1-3H3. The highest BCUT2D eigenvalue weighted by Gasteiger charge is 2.19. The summed E-state index contributed by atoms with van der Waals surface area (Å²) in [5, 5.41) is 0. The van der Waals surface area contributed by atoms with Crippen molar-refractivity contribution in [2.24, 2.45) is 0 Å². The summed E-state index contributed by atoms with van der Waals surface area (Å²) >= 11 is 3.33. The second-order valence-electron chi connectivity index (χ2n) is 4.06. The first kappa shape index (κ1) is 14.6. The third kappa shape index (κ3) is 4.39. The summed E-state index contributed by atoms with van der Waals surface area (Å²) < 4.78 is 28.5. The van der Waals surface area contributed by atoms with Crippen LogP contribution >= 0.6 is 15.9 Å². The second-order valence-corrected chi connectivity index (χ2v) is 6.79. The minimum absolute atomic E-state index is 0.0579. The molecule has 96 valence electrons. The predicted molar refractivity (Wildman–Crippen MR) is 72.8 cm³/mol. The molecule has 0 aliphatic heterocycles. The van der Waals surface area contributed by atoms with Crippen molar-refractivity contribution in [3.63, 3.8) is 0 Å². The van der Waals surface area contributed by atoms with Crippen LogP contribution in [0.3, 0.4) is 0 Å². The first-order chi connectivity index (χ1) is 7.83. The molecule has 0 unspecified atom stereocenters. The zero-order valence-electron chi connectivity index (χ0n) is 10.1. The van der Waals surface area contributed by atoms with E-state index in [1.165, 1.54) is 4.31 Å². The Hall–Kier alpha value is -0.430. The van der Waals surface area contributed by atoms with Gasteiger partial charge in [-0.2, -0.15) is 17.4 Å². The first-order valence-corrected chi connectivity index (χ1v) is 7.53. The van der Waals surface area contributed by atoms with E-state index in [2.05, 4.69) is 20.7 Å². The second kappa shape index (κ2) is 5.95. The molecule has 0 saturated carbocycles. The Morgan fingerprint density at radius 2 is 1.82 bits per heavy atom. The molecule has 4 nitrogen and oxygen atoms in total. The largest absolute Gasteiger partial charge is 0.279 e. The zero-order chi connectivity index (χ0) is 13.1. The summed E-state index contributed by atoms with van der Waals surface area (Å²) in [5.41, 5.74) is 0.925. The molecule has 1 rings (SSSR count). The normalized spacial score (nSPS) is 12.4. The van der Waals surface area contributed by atoms with Gasteiger partial charge in [-0.25, -0.2) is 0 Å². The molecule has 0 fully saturated rings. The van der Waals surface area contributed by atoms with E-state index in [1.807, 2.05) is 38.1 Å². The number of halogens is 1. The Balaban J connectivity index is 2.64. The molecular weight excluding hydrogens is 304 g/mol. The SMILES string of the molecule is CC(C)N(C)S(=O)(=O)NCc1ccc(Br)cc1. The maximum absolute atomic E-state index is 11.8. The molecule has 0 bridgehead atoms. The predicted octanol–water partition coefficient (Wildman–Crippen LogP) is 2.12. The molecule has 0 radical (unpaired) electrons. The first-order valence-electron chi connectivity index (χ1n) is 5.30. The van der Waals surface area contributed by atoms with Crippen LogP contribution in [0.4, 0.5) is 0 Å². The van der Waals surface area contributed by atoms with Crippen LogP contribution in [0.2, 0.25) is 0 Å². The van der Waals surface area contributed by atoms with Crippen LogP contribution in [0.25, 0.3) is 0 Å². The average Bonchev–Trinajstić information content (AvgIpc) is 2.27. The average molecular weight is 321 g/mol. The van der Waals surface area contributed by atoms with E-state index in [0.29, 0.717) is 6.54 Å². The molecule has 6 heteroatoms. The highest BCUT2D eigenvalue weighted by molar-refractivity contribution is 9.10. The number of hydrogen-bond acceptors (Lipinski definition) is 2. The summed E-state index contributed by atoms with van der Waals surface area (Å²) in [7, 11) is -1.83. The van der Waals surface area contributed by atoms with E-state index in [9.17, 15) is 8.42 Å². The molecule has 0 saturated heterocycles. The lowest BCUT2D eigenvalue weighted by molar-refractivity contribution is 0.402. The smallest absolute Gasteiger partial charge is 0.198 e. The molecule has 0 aromatic heterocycles. The molecule has 0 atom stereocenters. The van der Waals surface area contributed by atoms with Crippen LogP contribution in [-0.2, 0) is 16.8 Å². The number of rotatable bonds is 5. The van der Waals surface area contributed by atoms with Crippen LogP contribution in [0.1, 0.15) is 19.4 Å². The lowest BCUT2D eigenvalue weighted by Crippen LogP contribution is -2.41. The number of nitrogens with one attached hydrogen (secondary N) is 1. The molecule has 1 aromatic rings. The molecule has 0 spiro atoms. The van der Waals surface area contributed by atoms with Crippen molar-refractivity contribution >= 4 is 26.1 Å². The minimum Gasteiger partial charge on any atom is -0.198 e. The highest BCUT2D eigenvalue weighted by atomic mass is 79.9. The Morgan fingerprint density at radius 1 is 1.29 bits per heavy atom. The van der Waals surface area contributed by atoms with Gasteiger partial charge < -0.3 is 0 Å². The van der Waals surface area contributed by atoms with Gasteiger partial charge in [0.05, 0.1) is 0 Å². The van der Waals surface area contributed by atoms with Crippen molar-refractivity contribution in [2.75, 3.05) is 7.05 Å². The van der Waals surface area contributed by atoms with Crippen LogP contribution in [-0.4, -0.2) is 25.8 Å². The van der Waals surface area contributed by atoms with Gasteiger partial charge in [-0.15, -0.1) is 0 Å². The number of benzene rings is 1. The minimum atomic E-state index is -3.40. The third-order valence-electron chi connectivity index (χ3n) is 2.48. The fraction of sp³-hybridized carbons (Fsp3) is 0.455. The van der Waals surface area contributed by atoms with E-state index in [-0.39, 0.29) is 6.04 Å². The van der Waals surface area contributed by atoms with Crippen LogP contribution in [0, 0.1) is 0 Å². The molecule has 0 heterocycles. The van der Waals surface area contributed by atoms with E-state index in [0.717, 1.165) is 10.0 Å². The van der Waals surface area contributed by atoms with Gasteiger partial charge in [-0.3, -0.25) is 0 Å². The van der Waals surface area contributed by atoms with Gasteiger partial charge in [-0.1, -0.05) is 28.1 Å². The summed E-state index contributed by atoms with van der Waals surface area (Å²) in [6.45, 7) is 3.96. The lowest BCUT2D eigenvalue weighted by atomic mass is 10.2. The summed E-state index contributed by atoms with van der Waals surface area (Å²) in [6, 6.07) is 7.47. The Bertz CT molecular complexity index is 457. The molecular formula is C11H17BrN2O2S. The van der Waals surface area contributed by atoms with Crippen molar-refractivity contribution in [1.29, 1.82) is 0 Å². The fourth-order valence-corrected chi connectivity index (χ4v) is 2.53. The van der Waals surface area contributed by atoms with Crippen LogP contribution in [0.5, 0.6) is 0 Å². The Kier molecular flexibility index (Phi) is 5.12. The number of nitrogens with zero attached hydrogens (tertiary/aromatic N) is 1. The van der Waals surface area contributed by atoms with Gasteiger partial charge in [0.2, 0.25) is 0 Å². The maximum Gasteiger partial charge on any atom is 0.279 e. The molecule has 17 heavy (non-hydrogen) atoms. The molecule has 0 amide bonds. The molecule has 1 N–H and O–H groups in total. The van der Waals surface area contributed by atoms with Crippen molar-refractivity contribution in [1.82, 2.24) is 9.03 Å². The van der Waals surface area contributed by atoms with Gasteiger partial charge in [0.15, 0.2) is 0 Å². The van der Waals surface area contributed by atoms with Gasteiger partial charge in [-0.05, 0) is 31.5 Å². The topological polar surface area (TPSA) is 49.4 Å². The van der Waals surface area contributed by atoms with E-state index in [4.69, 9.17) is 0 Å². The maximum atomic E-state index is 11.8. The van der Waals surface area contributed by atoms with Crippen LogP contribution in [0.15, 0.2) is 28.7 Å². The van der Waals surface area contributed by atoms with Crippen molar-refractivity contribution in [3.05, 3.63) is 34.3 Å². The zero-order valence-corrected chi connectivity index (χ0v) is 12.5. The molecule has 0 aliphatic carbocycles. The fourth-order valence-electron chi connectivity index (χ4n) is 1.16. The van der Waals surface area contributed by atoms with E-state index >= 15 is 0 Å². The molecule has 0 aliphatic rings. The van der Waals surface area contributed by atoms with Crippen molar-refractivity contribution < 1.29 is 8.42 Å². The summed E-state index contributed by atoms with van der Waals surface area (Å²) in [6.07, 6.45) is 0. The van der Waals surface area contributed by atoms with E-state index in [1.54, 1.807) is 7.05 Å². The van der Waals surface area contributed by atoms with Crippen molar-refractivity contribution in [2.45, 2.75) is 26.4 Å². The summed E-state index contributed by atoms with van der Waals surface area (Å²) in [4.78, 5) is 0. The Morgan fingerprint density at radius 3 is 2.29 bits per heavy atom. The third-order valence-corrected chi connectivity index (χ3v) is 4.70. The number of hydrogen-bond donors (Lipinski definition) is 1. The van der Waals surface area contributed by atoms with E-state index < -0.39 is 10.2 Å². The Labute approximate surface area is 111 Å². The molecule has 1 aromatic carbocycles. The van der Waals surface area contributed by atoms with Gasteiger partial charge in [0, 0.05) is 24.1 Å². The summed E-state index contributed by atoms with van der Waals surface area (Å²) in [5.74, 6) is 0. The quantitative estimate of drug-likeness (QED) is 0.903. The highest BCUT2D eigenvalue weighted by Crippen LogP contribution is 2.11. The van der Waals surface area contributed by atoms with Gasteiger partial charge >= 0.3 is 0 Å². The monoisotopic (exact) mass is 320 g/mol. The van der Waals surface area contributed by atoms with Crippen molar-refractivity contribution in [3.8, 4) is 0 Å². The van der Waals surface area contributed by atoms with Gasteiger partial charge in [0.25, 0.3) is 10.2 Å². The lowest BCUT2D eigenvalue weighted by Gasteiger charge is -2.21.